The Hall–Kier alpha value is -1.91. The van der Waals surface area contributed by atoms with Crippen LogP contribution in [0, 0.1) is 6.92 Å². The summed E-state index contributed by atoms with van der Waals surface area (Å²) in [6.07, 6.45) is 1.58. The van der Waals surface area contributed by atoms with Crippen LogP contribution in [0.4, 0.5) is 0 Å². The second-order valence-electron chi connectivity index (χ2n) is 6.17. The molecule has 0 bridgehead atoms. The van der Waals surface area contributed by atoms with Gasteiger partial charge in [0.05, 0.1) is 6.61 Å². The number of carbonyl (C=O) groups is 2. The summed E-state index contributed by atoms with van der Waals surface area (Å²) in [4.78, 5) is 23.6. The molecule has 2 heterocycles. The van der Waals surface area contributed by atoms with Gasteiger partial charge in [0.25, 0.3) is 5.91 Å². The fourth-order valence-corrected chi connectivity index (χ4v) is 4.33. The van der Waals surface area contributed by atoms with Crippen LogP contribution in [0.3, 0.4) is 0 Å². The number of carboxylic acid groups (broad SMARTS) is 1. The lowest BCUT2D eigenvalue weighted by atomic mass is 10.0. The number of aryl methyl sites for hydroxylation is 1. The number of ether oxygens (including phenoxy) is 1. The summed E-state index contributed by atoms with van der Waals surface area (Å²) >= 11 is 0. The minimum Gasteiger partial charge on any atom is -0.479 e. The van der Waals surface area contributed by atoms with Crippen LogP contribution in [0.25, 0.3) is 0 Å². The van der Waals surface area contributed by atoms with E-state index in [1.54, 1.807) is 0 Å². The van der Waals surface area contributed by atoms with Gasteiger partial charge >= 0.3 is 5.97 Å². The van der Waals surface area contributed by atoms with Gasteiger partial charge in [-0.25, -0.2) is 13.2 Å². The van der Waals surface area contributed by atoms with E-state index in [9.17, 15) is 23.1 Å². The molecule has 2 rings (SSSR count). The number of rotatable bonds is 7. The minimum atomic E-state index is -3.73. The molecular weight excluding hydrogens is 352 g/mol. The summed E-state index contributed by atoms with van der Waals surface area (Å²) in [5, 5.41) is 11.6. The van der Waals surface area contributed by atoms with Crippen molar-refractivity contribution in [2.45, 2.75) is 37.1 Å². The largest absolute Gasteiger partial charge is 0.479 e. The number of amides is 1. The van der Waals surface area contributed by atoms with Crippen LogP contribution in [0.15, 0.2) is 15.4 Å². The summed E-state index contributed by atoms with van der Waals surface area (Å²) < 4.78 is 36.7. The molecule has 2 N–H and O–H groups in total. The lowest BCUT2D eigenvalue weighted by Gasteiger charge is -2.24. The van der Waals surface area contributed by atoms with Gasteiger partial charge in [-0.3, -0.25) is 4.79 Å². The molecule has 1 aromatic heterocycles. The third-order valence-corrected chi connectivity index (χ3v) is 6.08. The van der Waals surface area contributed by atoms with Crippen molar-refractivity contribution in [3.8, 4) is 0 Å². The van der Waals surface area contributed by atoms with E-state index in [0.717, 1.165) is 18.9 Å². The van der Waals surface area contributed by atoms with Crippen molar-refractivity contribution in [1.29, 1.82) is 0 Å². The Morgan fingerprint density at radius 3 is 2.52 bits per heavy atom. The molecule has 0 radical (unpaired) electrons. The average molecular weight is 374 g/mol. The first-order valence-electron chi connectivity index (χ1n) is 7.77. The highest BCUT2D eigenvalue weighted by Crippen LogP contribution is 2.26. The normalized spacial score (nSPS) is 18.0. The second kappa shape index (κ2) is 7.14. The fourth-order valence-electron chi connectivity index (χ4n) is 2.65. The summed E-state index contributed by atoms with van der Waals surface area (Å²) in [6, 6.07) is 1.13. The summed E-state index contributed by atoms with van der Waals surface area (Å²) in [7, 11) is -2.42. The molecule has 1 atom stereocenters. The lowest BCUT2D eigenvalue weighted by Crippen LogP contribution is -2.55. The summed E-state index contributed by atoms with van der Waals surface area (Å²) in [6.45, 7) is 3.34. The van der Waals surface area contributed by atoms with Gasteiger partial charge in [-0.2, -0.15) is 4.31 Å². The highest BCUT2D eigenvalue weighted by atomic mass is 32.2. The van der Waals surface area contributed by atoms with Crippen molar-refractivity contribution >= 4 is 21.9 Å². The molecule has 1 saturated heterocycles. The zero-order valence-electron chi connectivity index (χ0n) is 14.4. The zero-order chi connectivity index (χ0) is 18.8. The first-order valence-corrected chi connectivity index (χ1v) is 9.21. The van der Waals surface area contributed by atoms with Crippen LogP contribution in [-0.2, 0) is 19.6 Å². The molecule has 1 aliphatic heterocycles. The standard InChI is InChI=1S/C15H22N2O7S/c1-10-12(25(21,22)17-6-4-5-7-17)8-11(24-10)13(18)16-15(2,9-23-3)14(19)20/h8H,4-7,9H2,1-3H3,(H,16,18)(H,19,20). The molecule has 140 valence electrons. The van der Waals surface area contributed by atoms with Crippen LogP contribution in [0.1, 0.15) is 36.1 Å². The molecule has 1 fully saturated rings. The Balaban J connectivity index is 2.27. The molecule has 1 unspecified atom stereocenters. The van der Waals surface area contributed by atoms with Gasteiger partial charge in [0, 0.05) is 26.3 Å². The molecule has 0 aromatic carbocycles. The first-order chi connectivity index (χ1) is 11.6. The number of nitrogens with one attached hydrogen (secondary N) is 1. The van der Waals surface area contributed by atoms with E-state index < -0.39 is 27.4 Å². The van der Waals surface area contributed by atoms with Gasteiger partial charge in [0.1, 0.15) is 10.7 Å². The molecule has 0 saturated carbocycles. The number of nitrogens with zero attached hydrogens (tertiary/aromatic N) is 1. The van der Waals surface area contributed by atoms with Crippen LogP contribution in [0.5, 0.6) is 0 Å². The molecular formula is C15H22N2O7S. The predicted molar refractivity (Wildman–Crippen MR) is 86.8 cm³/mol. The quantitative estimate of drug-likeness (QED) is 0.715. The maximum Gasteiger partial charge on any atom is 0.331 e. The number of hydrogen-bond donors (Lipinski definition) is 2. The Bertz CT molecular complexity index is 765. The van der Waals surface area contributed by atoms with E-state index in [4.69, 9.17) is 9.15 Å². The Morgan fingerprint density at radius 1 is 1.40 bits per heavy atom. The molecule has 25 heavy (non-hydrogen) atoms. The zero-order valence-corrected chi connectivity index (χ0v) is 15.2. The second-order valence-corrected chi connectivity index (χ2v) is 8.07. The topological polar surface area (TPSA) is 126 Å². The van der Waals surface area contributed by atoms with E-state index >= 15 is 0 Å². The number of furan rings is 1. The van der Waals surface area contributed by atoms with E-state index in [1.807, 2.05) is 0 Å². The third-order valence-electron chi connectivity index (χ3n) is 4.07. The van der Waals surface area contributed by atoms with Crippen molar-refractivity contribution in [1.82, 2.24) is 9.62 Å². The van der Waals surface area contributed by atoms with Crippen molar-refractivity contribution in [2.24, 2.45) is 0 Å². The SMILES string of the molecule is COCC(C)(NC(=O)c1cc(S(=O)(=O)N2CCCC2)c(C)o1)C(=O)O. The number of carbonyl (C=O) groups excluding carboxylic acids is 1. The maximum atomic E-state index is 12.6. The van der Waals surface area contributed by atoms with Crippen LogP contribution in [-0.4, -0.2) is 62.1 Å². The highest BCUT2D eigenvalue weighted by Gasteiger charge is 2.37. The van der Waals surface area contributed by atoms with E-state index in [0.29, 0.717) is 13.1 Å². The number of carboxylic acids is 1. The van der Waals surface area contributed by atoms with E-state index in [1.165, 1.54) is 25.3 Å². The smallest absolute Gasteiger partial charge is 0.331 e. The minimum absolute atomic E-state index is 0.0803. The van der Waals surface area contributed by atoms with Crippen molar-refractivity contribution < 1.29 is 32.3 Å². The van der Waals surface area contributed by atoms with E-state index in [-0.39, 0.29) is 23.0 Å². The number of hydrogen-bond acceptors (Lipinski definition) is 6. The van der Waals surface area contributed by atoms with Gasteiger partial charge < -0.3 is 19.6 Å². The number of methoxy groups -OCH3 is 1. The van der Waals surface area contributed by atoms with E-state index in [2.05, 4.69) is 5.32 Å². The van der Waals surface area contributed by atoms with Crippen molar-refractivity contribution in [3.05, 3.63) is 17.6 Å². The summed E-state index contributed by atoms with van der Waals surface area (Å²) in [5.41, 5.74) is -1.67. The van der Waals surface area contributed by atoms with Gasteiger partial charge in [0.15, 0.2) is 11.3 Å². The third kappa shape index (κ3) is 3.86. The average Bonchev–Trinajstić information content (AvgIpc) is 3.16. The molecule has 0 aliphatic carbocycles. The van der Waals surface area contributed by atoms with Crippen LogP contribution >= 0.6 is 0 Å². The molecule has 1 aromatic rings. The van der Waals surface area contributed by atoms with Crippen LogP contribution in [0.2, 0.25) is 0 Å². The highest BCUT2D eigenvalue weighted by molar-refractivity contribution is 7.89. The molecule has 0 spiro atoms. The Kier molecular flexibility index (Phi) is 5.55. The van der Waals surface area contributed by atoms with Crippen molar-refractivity contribution in [2.75, 3.05) is 26.8 Å². The molecule has 10 heteroatoms. The van der Waals surface area contributed by atoms with Gasteiger partial charge in [0.2, 0.25) is 10.0 Å². The van der Waals surface area contributed by atoms with Gasteiger partial charge in [-0.1, -0.05) is 0 Å². The Morgan fingerprint density at radius 2 is 2.00 bits per heavy atom. The first kappa shape index (κ1) is 19.4. The molecule has 1 aliphatic rings. The monoisotopic (exact) mass is 374 g/mol. The number of aliphatic carboxylic acids is 1. The molecule has 1 amide bonds. The Labute approximate surface area is 146 Å². The van der Waals surface area contributed by atoms with Gasteiger partial charge in [-0.05, 0) is 26.7 Å². The molecule has 9 nitrogen and oxygen atoms in total. The van der Waals surface area contributed by atoms with Crippen LogP contribution < -0.4 is 5.32 Å². The maximum absolute atomic E-state index is 12.6. The van der Waals surface area contributed by atoms with Crippen molar-refractivity contribution in [3.63, 3.8) is 0 Å². The lowest BCUT2D eigenvalue weighted by molar-refractivity contribution is -0.145. The summed E-state index contributed by atoms with van der Waals surface area (Å²) in [5.74, 6) is -2.29. The predicted octanol–water partition coefficient (Wildman–Crippen LogP) is 0.592. The van der Waals surface area contributed by atoms with Gasteiger partial charge in [-0.15, -0.1) is 0 Å². The fraction of sp³-hybridized carbons (Fsp3) is 0.600. The number of sulfonamides is 1.